The van der Waals surface area contributed by atoms with Crippen molar-refractivity contribution in [2.75, 3.05) is 6.61 Å². The third-order valence-corrected chi connectivity index (χ3v) is 6.12. The Hall–Kier alpha value is -2.86. The number of nitrogens with zero attached hydrogens (tertiary/aromatic N) is 2. The molecule has 0 saturated heterocycles. The molecule has 2 heterocycles. The van der Waals surface area contributed by atoms with Crippen LogP contribution in [0, 0.1) is 5.92 Å². The lowest BCUT2D eigenvalue weighted by molar-refractivity contribution is -0.123. The van der Waals surface area contributed by atoms with E-state index in [1.807, 2.05) is 41.0 Å². The van der Waals surface area contributed by atoms with Crippen molar-refractivity contribution >= 4 is 16.9 Å². The maximum absolute atomic E-state index is 12.8. The number of rotatable bonds is 6. The van der Waals surface area contributed by atoms with Gasteiger partial charge in [0.15, 0.2) is 0 Å². The first-order chi connectivity index (χ1) is 14.2. The Morgan fingerprint density at radius 2 is 2.14 bits per heavy atom. The van der Waals surface area contributed by atoms with Gasteiger partial charge < -0.3 is 19.7 Å². The number of para-hydroxylation sites is 2. The number of ether oxygens (including phenoxy) is 1. The van der Waals surface area contributed by atoms with Crippen molar-refractivity contribution in [1.29, 1.82) is 0 Å². The maximum atomic E-state index is 12.8. The molecular formula is C23H25N3O3. The molecule has 1 unspecified atom stereocenters. The predicted molar refractivity (Wildman–Crippen MR) is 110 cm³/mol. The number of aliphatic hydroxyl groups excluding tert-OH is 1. The summed E-state index contributed by atoms with van der Waals surface area (Å²) in [5.74, 6) is 1.23. The number of nitrogens with one attached hydrogen (secondary N) is 1. The maximum Gasteiger partial charge on any atom is 0.222 e. The standard InChI is InChI=1S/C23H25N3O3/c27-18-12-17(13-18)23(16-5-6-21-15(11-16)8-10-29-21)25-22(28)7-9-26-14-24-19-3-1-2-4-20(19)26/h1-6,11,14,17-18,23,27H,7-10,12-13H2,(H,25,28). The molecule has 1 aliphatic heterocycles. The number of aliphatic hydroxyl groups is 1. The minimum Gasteiger partial charge on any atom is -0.493 e. The predicted octanol–water partition coefficient (Wildman–Crippen LogP) is 2.99. The summed E-state index contributed by atoms with van der Waals surface area (Å²) >= 11 is 0. The smallest absolute Gasteiger partial charge is 0.222 e. The summed E-state index contributed by atoms with van der Waals surface area (Å²) in [5, 5.41) is 13.0. The average Bonchev–Trinajstić information content (AvgIpc) is 3.34. The molecule has 1 saturated carbocycles. The van der Waals surface area contributed by atoms with Gasteiger partial charge in [0.1, 0.15) is 5.75 Å². The number of amides is 1. The number of imidazole rings is 1. The van der Waals surface area contributed by atoms with E-state index in [1.54, 1.807) is 6.33 Å². The first-order valence-corrected chi connectivity index (χ1v) is 10.3. The van der Waals surface area contributed by atoms with Crippen molar-refractivity contribution in [3.8, 4) is 5.75 Å². The van der Waals surface area contributed by atoms with Gasteiger partial charge in [-0.2, -0.15) is 0 Å². The zero-order valence-electron chi connectivity index (χ0n) is 16.3. The second kappa shape index (κ2) is 7.52. The summed E-state index contributed by atoms with van der Waals surface area (Å²) in [4.78, 5) is 17.2. The number of fused-ring (bicyclic) bond motifs is 2. The lowest BCUT2D eigenvalue weighted by Crippen LogP contribution is -2.41. The number of carbonyl (C=O) groups is 1. The van der Waals surface area contributed by atoms with E-state index in [0.717, 1.165) is 48.2 Å². The van der Waals surface area contributed by atoms with E-state index in [4.69, 9.17) is 4.74 Å². The van der Waals surface area contributed by atoms with Crippen LogP contribution < -0.4 is 10.1 Å². The van der Waals surface area contributed by atoms with Gasteiger partial charge >= 0.3 is 0 Å². The Labute approximate surface area is 169 Å². The molecule has 6 nitrogen and oxygen atoms in total. The molecule has 3 aromatic rings. The first-order valence-electron chi connectivity index (χ1n) is 10.3. The van der Waals surface area contributed by atoms with Crippen LogP contribution in [0.2, 0.25) is 0 Å². The Morgan fingerprint density at radius 1 is 1.28 bits per heavy atom. The van der Waals surface area contributed by atoms with Gasteiger partial charge in [0.2, 0.25) is 5.91 Å². The van der Waals surface area contributed by atoms with Crippen LogP contribution in [0.5, 0.6) is 5.75 Å². The van der Waals surface area contributed by atoms with Crippen LogP contribution in [0.4, 0.5) is 0 Å². The molecule has 1 aliphatic carbocycles. The van der Waals surface area contributed by atoms with Crippen LogP contribution in [0.3, 0.4) is 0 Å². The fraction of sp³-hybridized carbons (Fsp3) is 0.391. The fourth-order valence-corrected chi connectivity index (χ4v) is 4.43. The highest BCUT2D eigenvalue weighted by molar-refractivity contribution is 5.78. The van der Waals surface area contributed by atoms with Crippen LogP contribution in [-0.4, -0.2) is 33.3 Å². The summed E-state index contributed by atoms with van der Waals surface area (Å²) in [6, 6.07) is 14.1. The zero-order valence-corrected chi connectivity index (χ0v) is 16.3. The van der Waals surface area contributed by atoms with Gasteiger partial charge in [-0.3, -0.25) is 4.79 Å². The topological polar surface area (TPSA) is 76.4 Å². The van der Waals surface area contributed by atoms with Gasteiger partial charge in [0.05, 0.1) is 36.1 Å². The normalized spacial score (nSPS) is 21.3. The molecule has 1 fully saturated rings. The van der Waals surface area contributed by atoms with E-state index in [0.29, 0.717) is 13.0 Å². The Morgan fingerprint density at radius 3 is 3.00 bits per heavy atom. The molecule has 0 radical (unpaired) electrons. The Balaban J connectivity index is 1.29. The van der Waals surface area contributed by atoms with Crippen molar-refractivity contribution in [2.24, 2.45) is 5.92 Å². The molecule has 1 aromatic heterocycles. The number of benzene rings is 2. The van der Waals surface area contributed by atoms with Gasteiger partial charge in [-0.25, -0.2) is 4.98 Å². The molecule has 150 valence electrons. The van der Waals surface area contributed by atoms with E-state index in [2.05, 4.69) is 16.4 Å². The monoisotopic (exact) mass is 391 g/mol. The second-order valence-corrected chi connectivity index (χ2v) is 8.07. The van der Waals surface area contributed by atoms with Crippen LogP contribution in [-0.2, 0) is 17.8 Å². The third-order valence-electron chi connectivity index (χ3n) is 6.12. The van der Waals surface area contributed by atoms with Gasteiger partial charge in [-0.05, 0) is 54.2 Å². The fourth-order valence-electron chi connectivity index (χ4n) is 4.43. The van der Waals surface area contributed by atoms with Crippen molar-refractivity contribution in [3.05, 3.63) is 59.9 Å². The van der Waals surface area contributed by atoms with Crippen molar-refractivity contribution < 1.29 is 14.6 Å². The summed E-state index contributed by atoms with van der Waals surface area (Å²) in [7, 11) is 0. The van der Waals surface area contributed by atoms with E-state index in [1.165, 1.54) is 5.56 Å². The van der Waals surface area contributed by atoms with Crippen LogP contribution >= 0.6 is 0 Å². The molecule has 1 atom stereocenters. The average molecular weight is 391 g/mol. The third kappa shape index (κ3) is 3.60. The number of aryl methyl sites for hydroxylation is 1. The molecular weight excluding hydrogens is 366 g/mol. The molecule has 0 bridgehead atoms. The highest BCUT2D eigenvalue weighted by Gasteiger charge is 2.36. The van der Waals surface area contributed by atoms with Crippen molar-refractivity contribution in [1.82, 2.24) is 14.9 Å². The molecule has 0 spiro atoms. The van der Waals surface area contributed by atoms with Crippen molar-refractivity contribution in [3.63, 3.8) is 0 Å². The minimum atomic E-state index is -0.255. The molecule has 2 N–H and O–H groups in total. The number of hydrogen-bond donors (Lipinski definition) is 2. The number of carbonyl (C=O) groups excluding carboxylic acids is 1. The number of aromatic nitrogens is 2. The largest absolute Gasteiger partial charge is 0.493 e. The Kier molecular flexibility index (Phi) is 4.72. The van der Waals surface area contributed by atoms with Crippen LogP contribution in [0.25, 0.3) is 11.0 Å². The number of hydrogen-bond acceptors (Lipinski definition) is 4. The van der Waals surface area contributed by atoms with Crippen molar-refractivity contribution in [2.45, 2.75) is 44.4 Å². The summed E-state index contributed by atoms with van der Waals surface area (Å²) in [6.07, 6.45) is 4.29. The minimum absolute atomic E-state index is 0.0194. The first kappa shape index (κ1) is 18.2. The lowest BCUT2D eigenvalue weighted by atomic mass is 9.75. The van der Waals surface area contributed by atoms with Gasteiger partial charge in [-0.1, -0.05) is 18.2 Å². The van der Waals surface area contributed by atoms with Crippen LogP contribution in [0.1, 0.15) is 36.4 Å². The molecule has 5 rings (SSSR count). The second-order valence-electron chi connectivity index (χ2n) is 8.07. The zero-order chi connectivity index (χ0) is 19.8. The summed E-state index contributed by atoms with van der Waals surface area (Å²) < 4.78 is 7.63. The quantitative estimate of drug-likeness (QED) is 0.677. The molecule has 2 aliphatic rings. The van der Waals surface area contributed by atoms with E-state index < -0.39 is 0 Å². The van der Waals surface area contributed by atoms with Gasteiger partial charge in [-0.15, -0.1) is 0 Å². The molecule has 2 aromatic carbocycles. The Bertz CT molecular complexity index is 1040. The summed E-state index contributed by atoms with van der Waals surface area (Å²) in [6.45, 7) is 1.31. The lowest BCUT2D eigenvalue weighted by Gasteiger charge is -2.38. The molecule has 29 heavy (non-hydrogen) atoms. The van der Waals surface area contributed by atoms with Gasteiger partial charge in [0.25, 0.3) is 0 Å². The molecule has 1 amide bonds. The van der Waals surface area contributed by atoms with Crippen LogP contribution in [0.15, 0.2) is 48.8 Å². The SMILES string of the molecule is O=C(CCn1cnc2ccccc21)NC(c1ccc2c(c1)CCO2)C1CC(O)C1. The highest BCUT2D eigenvalue weighted by Crippen LogP contribution is 2.39. The van der Waals surface area contributed by atoms with E-state index >= 15 is 0 Å². The van der Waals surface area contributed by atoms with Gasteiger partial charge in [0, 0.05) is 19.4 Å². The molecule has 6 heteroatoms. The summed E-state index contributed by atoms with van der Waals surface area (Å²) in [5.41, 5.74) is 4.28. The highest BCUT2D eigenvalue weighted by atomic mass is 16.5. The van der Waals surface area contributed by atoms with E-state index in [-0.39, 0.29) is 24.0 Å². The van der Waals surface area contributed by atoms with E-state index in [9.17, 15) is 9.90 Å².